The van der Waals surface area contributed by atoms with E-state index in [0.29, 0.717) is 18.0 Å². The Hall–Kier alpha value is -2.93. The molecule has 0 bridgehead atoms. The minimum Gasteiger partial charge on any atom is -0.369 e. The first-order valence-corrected chi connectivity index (χ1v) is 10.1. The summed E-state index contributed by atoms with van der Waals surface area (Å²) in [6, 6.07) is 11.1. The van der Waals surface area contributed by atoms with Gasteiger partial charge in [0.1, 0.15) is 5.82 Å². The van der Waals surface area contributed by atoms with Gasteiger partial charge >= 0.3 is 0 Å². The zero-order valence-electron chi connectivity index (χ0n) is 17.9. The van der Waals surface area contributed by atoms with Crippen LogP contribution in [0.4, 0.5) is 17.5 Å². The normalized spacial score (nSPS) is 11.4. The molecule has 154 valence electrons. The summed E-state index contributed by atoms with van der Waals surface area (Å²) in [5.41, 5.74) is 2.92. The first-order valence-electron chi connectivity index (χ1n) is 10.1. The Kier molecular flexibility index (Phi) is 6.82. The van der Waals surface area contributed by atoms with Gasteiger partial charge in [-0.05, 0) is 58.9 Å². The smallest absolute Gasteiger partial charge is 0.229 e. The van der Waals surface area contributed by atoms with Crippen LogP contribution >= 0.6 is 0 Å². The van der Waals surface area contributed by atoms with Crippen LogP contribution in [0.5, 0.6) is 0 Å². The van der Waals surface area contributed by atoms with Crippen LogP contribution in [0.3, 0.4) is 0 Å². The number of hydrogen-bond donors (Lipinski definition) is 2. The molecule has 0 unspecified atom stereocenters. The summed E-state index contributed by atoms with van der Waals surface area (Å²) in [7, 11) is 0. The fourth-order valence-electron chi connectivity index (χ4n) is 3.40. The van der Waals surface area contributed by atoms with Gasteiger partial charge in [0.15, 0.2) is 0 Å². The Balaban J connectivity index is 1.63. The lowest BCUT2D eigenvalue weighted by molar-refractivity contribution is 0.182. The Morgan fingerprint density at radius 2 is 1.76 bits per heavy atom. The van der Waals surface area contributed by atoms with Crippen LogP contribution in [-0.2, 0) is 0 Å². The molecule has 0 atom stereocenters. The second-order valence-corrected chi connectivity index (χ2v) is 7.71. The fourth-order valence-corrected chi connectivity index (χ4v) is 3.40. The molecule has 0 fully saturated rings. The topological polar surface area (TPSA) is 70.9 Å². The summed E-state index contributed by atoms with van der Waals surface area (Å²) in [6.07, 6.45) is 5.47. The molecule has 7 nitrogen and oxygen atoms in total. The molecule has 0 saturated heterocycles. The zero-order valence-corrected chi connectivity index (χ0v) is 17.9. The van der Waals surface area contributed by atoms with Gasteiger partial charge in [-0.1, -0.05) is 0 Å². The van der Waals surface area contributed by atoms with E-state index in [4.69, 9.17) is 0 Å². The maximum absolute atomic E-state index is 4.62. The van der Waals surface area contributed by atoms with Crippen molar-refractivity contribution in [3.05, 3.63) is 54.7 Å². The predicted molar refractivity (Wildman–Crippen MR) is 119 cm³/mol. The van der Waals surface area contributed by atoms with E-state index < -0.39 is 0 Å². The molecule has 3 rings (SSSR count). The second kappa shape index (κ2) is 9.52. The van der Waals surface area contributed by atoms with Crippen LogP contribution in [0, 0.1) is 6.92 Å². The quantitative estimate of drug-likeness (QED) is 0.566. The highest BCUT2D eigenvalue weighted by molar-refractivity contribution is 5.57. The molecule has 29 heavy (non-hydrogen) atoms. The van der Waals surface area contributed by atoms with Crippen molar-refractivity contribution in [3.8, 4) is 5.69 Å². The van der Waals surface area contributed by atoms with Crippen LogP contribution < -0.4 is 10.6 Å². The molecule has 0 aliphatic rings. The third-order valence-electron chi connectivity index (χ3n) is 4.78. The van der Waals surface area contributed by atoms with E-state index in [-0.39, 0.29) is 0 Å². The maximum atomic E-state index is 4.62. The van der Waals surface area contributed by atoms with E-state index in [1.165, 1.54) is 0 Å². The Morgan fingerprint density at radius 1 is 1.03 bits per heavy atom. The SMILES string of the molecule is Cc1cc(NCCN(C(C)C)C(C)C)nc(Nc2ccc(-n3ccnc3)cc2)n1. The number of anilines is 3. The summed E-state index contributed by atoms with van der Waals surface area (Å²) in [5.74, 6) is 1.43. The zero-order chi connectivity index (χ0) is 20.8. The monoisotopic (exact) mass is 393 g/mol. The first-order chi connectivity index (χ1) is 13.9. The van der Waals surface area contributed by atoms with Crippen molar-refractivity contribution in [3.63, 3.8) is 0 Å². The molecule has 0 radical (unpaired) electrons. The van der Waals surface area contributed by atoms with E-state index in [1.807, 2.05) is 48.0 Å². The molecule has 2 N–H and O–H groups in total. The van der Waals surface area contributed by atoms with Crippen molar-refractivity contribution in [2.75, 3.05) is 23.7 Å². The van der Waals surface area contributed by atoms with Gasteiger partial charge in [0.2, 0.25) is 5.95 Å². The van der Waals surface area contributed by atoms with Gasteiger partial charge in [-0.25, -0.2) is 9.97 Å². The van der Waals surface area contributed by atoms with E-state index in [9.17, 15) is 0 Å². The van der Waals surface area contributed by atoms with Gasteiger partial charge in [-0.15, -0.1) is 0 Å². The number of benzene rings is 1. The lowest BCUT2D eigenvalue weighted by Crippen LogP contribution is -2.40. The molecule has 0 spiro atoms. The number of nitrogens with one attached hydrogen (secondary N) is 2. The lowest BCUT2D eigenvalue weighted by atomic mass is 10.2. The van der Waals surface area contributed by atoms with Crippen LogP contribution in [0.2, 0.25) is 0 Å². The molecule has 2 aromatic heterocycles. The van der Waals surface area contributed by atoms with Crippen molar-refractivity contribution >= 4 is 17.5 Å². The van der Waals surface area contributed by atoms with Crippen LogP contribution in [0.15, 0.2) is 49.1 Å². The lowest BCUT2D eigenvalue weighted by Gasteiger charge is -2.30. The summed E-state index contributed by atoms with van der Waals surface area (Å²) in [5, 5.41) is 6.73. The minimum atomic E-state index is 0.520. The van der Waals surface area contributed by atoms with Gasteiger partial charge in [-0.2, -0.15) is 4.98 Å². The Bertz CT molecular complexity index is 878. The molecular weight excluding hydrogens is 362 g/mol. The maximum Gasteiger partial charge on any atom is 0.229 e. The molecule has 0 aliphatic heterocycles. The largest absolute Gasteiger partial charge is 0.369 e. The molecule has 3 aromatic rings. The van der Waals surface area contributed by atoms with Gasteiger partial charge in [0.05, 0.1) is 6.33 Å². The van der Waals surface area contributed by atoms with Crippen molar-refractivity contribution in [1.29, 1.82) is 0 Å². The Labute approximate surface area is 173 Å². The highest BCUT2D eigenvalue weighted by Gasteiger charge is 2.12. The molecule has 2 heterocycles. The number of rotatable bonds is 9. The second-order valence-electron chi connectivity index (χ2n) is 7.71. The van der Waals surface area contributed by atoms with Gasteiger partial charge in [-0.3, -0.25) is 4.90 Å². The van der Waals surface area contributed by atoms with E-state index in [2.05, 4.69) is 58.2 Å². The van der Waals surface area contributed by atoms with Crippen molar-refractivity contribution in [2.45, 2.75) is 46.7 Å². The van der Waals surface area contributed by atoms with E-state index in [0.717, 1.165) is 36.0 Å². The van der Waals surface area contributed by atoms with Crippen molar-refractivity contribution in [2.24, 2.45) is 0 Å². The number of nitrogens with zero attached hydrogens (tertiary/aromatic N) is 5. The van der Waals surface area contributed by atoms with Gasteiger partial charge < -0.3 is 15.2 Å². The third-order valence-corrected chi connectivity index (χ3v) is 4.78. The molecule has 0 saturated carbocycles. The molecule has 7 heteroatoms. The summed E-state index contributed by atoms with van der Waals surface area (Å²) in [6.45, 7) is 12.7. The van der Waals surface area contributed by atoms with Crippen LogP contribution in [-0.4, -0.2) is 49.6 Å². The highest BCUT2D eigenvalue weighted by Crippen LogP contribution is 2.18. The summed E-state index contributed by atoms with van der Waals surface area (Å²) in [4.78, 5) is 15.7. The Morgan fingerprint density at radius 3 is 2.38 bits per heavy atom. The predicted octanol–water partition coefficient (Wildman–Crippen LogP) is 4.25. The number of imidazole rings is 1. The fraction of sp³-hybridized carbons (Fsp3) is 0.409. The third kappa shape index (κ3) is 5.77. The molecule has 0 amide bonds. The number of aromatic nitrogens is 4. The van der Waals surface area contributed by atoms with Crippen molar-refractivity contribution < 1.29 is 0 Å². The van der Waals surface area contributed by atoms with E-state index in [1.54, 1.807) is 12.5 Å². The minimum absolute atomic E-state index is 0.520. The van der Waals surface area contributed by atoms with E-state index >= 15 is 0 Å². The average Bonchev–Trinajstić information content (AvgIpc) is 3.19. The summed E-state index contributed by atoms with van der Waals surface area (Å²) < 4.78 is 1.96. The van der Waals surface area contributed by atoms with Crippen LogP contribution in [0.1, 0.15) is 33.4 Å². The number of aryl methyl sites for hydroxylation is 1. The number of hydrogen-bond acceptors (Lipinski definition) is 6. The summed E-state index contributed by atoms with van der Waals surface area (Å²) >= 11 is 0. The highest BCUT2D eigenvalue weighted by atomic mass is 15.2. The molecule has 1 aromatic carbocycles. The average molecular weight is 394 g/mol. The standard InChI is InChI=1S/C22H31N7/c1-16(2)29(17(3)4)13-11-24-21-14-18(5)25-22(27-21)26-19-6-8-20(9-7-19)28-12-10-23-15-28/h6-10,12,14-17H,11,13H2,1-5H3,(H2,24,25,26,27). The van der Waals surface area contributed by atoms with Crippen molar-refractivity contribution in [1.82, 2.24) is 24.4 Å². The van der Waals surface area contributed by atoms with Gasteiger partial charge in [0, 0.05) is 60.7 Å². The van der Waals surface area contributed by atoms with Gasteiger partial charge in [0.25, 0.3) is 0 Å². The first kappa shape index (κ1) is 20.8. The molecular formula is C22H31N7. The molecule has 0 aliphatic carbocycles. The van der Waals surface area contributed by atoms with Crippen LogP contribution in [0.25, 0.3) is 5.69 Å².